The van der Waals surface area contributed by atoms with Crippen LogP contribution in [0.25, 0.3) is 0 Å². The van der Waals surface area contributed by atoms with Crippen LogP contribution in [0.15, 0.2) is 17.3 Å². The van der Waals surface area contributed by atoms with Gasteiger partial charge in [0.1, 0.15) is 0 Å². The molecular formula is C13H22N4O3S. The van der Waals surface area contributed by atoms with Crippen molar-refractivity contribution < 1.29 is 13.2 Å². The van der Waals surface area contributed by atoms with Gasteiger partial charge in [0.15, 0.2) is 5.03 Å². The SMILES string of the molecule is O=S(=O)(c1ccn[nH]1)N1CCC(CN2CCOCC2)CC1. The van der Waals surface area contributed by atoms with E-state index in [0.29, 0.717) is 19.0 Å². The van der Waals surface area contributed by atoms with Crippen LogP contribution in [0.5, 0.6) is 0 Å². The summed E-state index contributed by atoms with van der Waals surface area (Å²) in [6.07, 6.45) is 3.31. The van der Waals surface area contributed by atoms with Crippen molar-refractivity contribution in [2.75, 3.05) is 45.9 Å². The lowest BCUT2D eigenvalue weighted by atomic mass is 9.97. The summed E-state index contributed by atoms with van der Waals surface area (Å²) >= 11 is 0. The summed E-state index contributed by atoms with van der Waals surface area (Å²) in [6, 6.07) is 1.51. The number of sulfonamides is 1. The fourth-order valence-electron chi connectivity index (χ4n) is 3.01. The second-order valence-electron chi connectivity index (χ2n) is 5.68. The van der Waals surface area contributed by atoms with Crippen LogP contribution in [0.4, 0.5) is 0 Å². The molecule has 118 valence electrons. The van der Waals surface area contributed by atoms with Crippen molar-refractivity contribution in [2.24, 2.45) is 5.92 Å². The van der Waals surface area contributed by atoms with Crippen LogP contribution in [-0.4, -0.2) is 73.8 Å². The second kappa shape index (κ2) is 6.43. The number of nitrogens with zero attached hydrogens (tertiary/aromatic N) is 3. The monoisotopic (exact) mass is 314 g/mol. The van der Waals surface area contributed by atoms with E-state index in [2.05, 4.69) is 15.1 Å². The Balaban J connectivity index is 1.53. The van der Waals surface area contributed by atoms with Crippen molar-refractivity contribution in [3.8, 4) is 0 Å². The maximum Gasteiger partial charge on any atom is 0.259 e. The highest BCUT2D eigenvalue weighted by Gasteiger charge is 2.30. The zero-order valence-corrected chi connectivity index (χ0v) is 12.9. The lowest BCUT2D eigenvalue weighted by Gasteiger charge is -2.35. The fourth-order valence-corrected chi connectivity index (χ4v) is 4.38. The number of aromatic nitrogens is 2. The molecule has 0 saturated carbocycles. The molecule has 1 aromatic rings. The molecule has 2 saturated heterocycles. The number of aromatic amines is 1. The molecule has 0 atom stereocenters. The molecule has 0 aliphatic carbocycles. The molecule has 1 N–H and O–H groups in total. The Bertz CT molecular complexity index is 532. The van der Waals surface area contributed by atoms with Gasteiger partial charge in [-0.15, -0.1) is 0 Å². The van der Waals surface area contributed by atoms with Gasteiger partial charge in [0.25, 0.3) is 10.0 Å². The van der Waals surface area contributed by atoms with Gasteiger partial charge in [-0.3, -0.25) is 10.00 Å². The third kappa shape index (κ3) is 3.45. The predicted octanol–water partition coefficient (Wildman–Crippen LogP) is 0.143. The standard InChI is InChI=1S/C13H22N4O3S/c18-21(19,13-1-4-14-15-13)17-5-2-12(3-6-17)11-16-7-9-20-10-8-16/h1,4,12H,2-3,5-11H2,(H,14,15). The van der Waals surface area contributed by atoms with Crippen LogP contribution in [0.2, 0.25) is 0 Å². The Morgan fingerprint density at radius 1 is 1.24 bits per heavy atom. The molecule has 0 aromatic carbocycles. The van der Waals surface area contributed by atoms with Gasteiger partial charge < -0.3 is 4.74 Å². The van der Waals surface area contributed by atoms with E-state index in [0.717, 1.165) is 45.7 Å². The van der Waals surface area contributed by atoms with E-state index in [1.165, 1.54) is 12.3 Å². The molecule has 1 aromatic heterocycles. The fraction of sp³-hybridized carbons (Fsp3) is 0.769. The summed E-state index contributed by atoms with van der Waals surface area (Å²) in [6.45, 7) is 5.85. The Morgan fingerprint density at radius 2 is 1.95 bits per heavy atom. The molecule has 8 heteroatoms. The smallest absolute Gasteiger partial charge is 0.259 e. The van der Waals surface area contributed by atoms with E-state index in [9.17, 15) is 8.42 Å². The highest BCUT2D eigenvalue weighted by Crippen LogP contribution is 2.23. The molecule has 0 bridgehead atoms. The van der Waals surface area contributed by atoms with Crippen LogP contribution >= 0.6 is 0 Å². The van der Waals surface area contributed by atoms with Crippen LogP contribution in [0, 0.1) is 5.92 Å². The number of piperidine rings is 1. The molecular weight excluding hydrogens is 292 g/mol. The van der Waals surface area contributed by atoms with Gasteiger partial charge >= 0.3 is 0 Å². The van der Waals surface area contributed by atoms with E-state index in [4.69, 9.17) is 4.74 Å². The zero-order chi connectivity index (χ0) is 14.7. The molecule has 3 rings (SSSR count). The van der Waals surface area contributed by atoms with Crippen molar-refractivity contribution in [1.29, 1.82) is 0 Å². The first kappa shape index (κ1) is 15.0. The summed E-state index contributed by atoms with van der Waals surface area (Å²) < 4.78 is 31.7. The summed E-state index contributed by atoms with van der Waals surface area (Å²) in [5, 5.41) is 6.47. The molecule has 7 nitrogen and oxygen atoms in total. The third-order valence-corrected chi connectivity index (χ3v) is 6.11. The Labute approximate surface area is 125 Å². The molecule has 0 radical (unpaired) electrons. The maximum atomic E-state index is 12.4. The minimum atomic E-state index is -3.39. The van der Waals surface area contributed by atoms with Crippen molar-refractivity contribution in [1.82, 2.24) is 19.4 Å². The van der Waals surface area contributed by atoms with E-state index in [1.807, 2.05) is 0 Å². The number of hydrogen-bond acceptors (Lipinski definition) is 5. The minimum Gasteiger partial charge on any atom is -0.379 e. The quantitative estimate of drug-likeness (QED) is 0.855. The summed E-state index contributed by atoms with van der Waals surface area (Å²) in [7, 11) is -3.39. The summed E-state index contributed by atoms with van der Waals surface area (Å²) in [5.41, 5.74) is 0. The molecule has 3 heterocycles. The average Bonchev–Trinajstić information content (AvgIpc) is 3.04. The molecule has 2 aliphatic rings. The van der Waals surface area contributed by atoms with Gasteiger partial charge in [-0.2, -0.15) is 9.40 Å². The van der Waals surface area contributed by atoms with Crippen molar-refractivity contribution in [3.05, 3.63) is 12.3 Å². The number of nitrogens with one attached hydrogen (secondary N) is 1. The normalized spacial score (nSPS) is 23.4. The second-order valence-corrected chi connectivity index (χ2v) is 7.59. The van der Waals surface area contributed by atoms with Gasteiger partial charge in [-0.05, 0) is 24.8 Å². The van der Waals surface area contributed by atoms with Crippen molar-refractivity contribution in [2.45, 2.75) is 17.9 Å². The Morgan fingerprint density at radius 3 is 2.57 bits per heavy atom. The molecule has 2 fully saturated rings. The number of hydrogen-bond donors (Lipinski definition) is 1. The first-order valence-electron chi connectivity index (χ1n) is 7.46. The lowest BCUT2D eigenvalue weighted by Crippen LogP contribution is -2.44. The molecule has 2 aliphatic heterocycles. The van der Waals surface area contributed by atoms with Gasteiger partial charge in [0.2, 0.25) is 0 Å². The van der Waals surface area contributed by atoms with Crippen molar-refractivity contribution >= 4 is 10.0 Å². The highest BCUT2D eigenvalue weighted by atomic mass is 32.2. The molecule has 0 amide bonds. The van der Waals surface area contributed by atoms with Crippen LogP contribution in [0.3, 0.4) is 0 Å². The largest absolute Gasteiger partial charge is 0.379 e. The zero-order valence-electron chi connectivity index (χ0n) is 12.1. The van der Waals surface area contributed by atoms with Gasteiger partial charge in [-0.25, -0.2) is 8.42 Å². The first-order chi connectivity index (χ1) is 10.2. The lowest BCUT2D eigenvalue weighted by molar-refractivity contribution is 0.0269. The predicted molar refractivity (Wildman–Crippen MR) is 77.3 cm³/mol. The van der Waals surface area contributed by atoms with E-state index < -0.39 is 10.0 Å². The van der Waals surface area contributed by atoms with Crippen LogP contribution < -0.4 is 0 Å². The number of ether oxygens (including phenoxy) is 1. The van der Waals surface area contributed by atoms with Gasteiger partial charge in [-0.1, -0.05) is 0 Å². The summed E-state index contributed by atoms with van der Waals surface area (Å²) in [4.78, 5) is 2.42. The van der Waals surface area contributed by atoms with Crippen LogP contribution in [0.1, 0.15) is 12.8 Å². The topological polar surface area (TPSA) is 78.5 Å². The summed E-state index contributed by atoms with van der Waals surface area (Å²) in [5.74, 6) is 0.580. The third-order valence-electron chi connectivity index (χ3n) is 4.29. The molecule has 0 spiro atoms. The van der Waals surface area contributed by atoms with Crippen LogP contribution in [-0.2, 0) is 14.8 Å². The van der Waals surface area contributed by atoms with E-state index in [-0.39, 0.29) is 5.03 Å². The van der Waals surface area contributed by atoms with Crippen molar-refractivity contribution in [3.63, 3.8) is 0 Å². The maximum absolute atomic E-state index is 12.4. The molecule has 21 heavy (non-hydrogen) atoms. The Hall–Kier alpha value is -0.960. The van der Waals surface area contributed by atoms with Gasteiger partial charge in [0.05, 0.1) is 19.4 Å². The minimum absolute atomic E-state index is 0.189. The number of H-pyrrole nitrogens is 1. The highest BCUT2D eigenvalue weighted by molar-refractivity contribution is 7.89. The average molecular weight is 314 g/mol. The van der Waals surface area contributed by atoms with E-state index in [1.54, 1.807) is 4.31 Å². The molecule has 0 unspecified atom stereocenters. The Kier molecular flexibility index (Phi) is 4.58. The van der Waals surface area contributed by atoms with E-state index >= 15 is 0 Å². The number of rotatable bonds is 4. The number of morpholine rings is 1. The first-order valence-corrected chi connectivity index (χ1v) is 8.90. The van der Waals surface area contributed by atoms with Gasteiger partial charge in [0, 0.05) is 32.7 Å².